The van der Waals surface area contributed by atoms with E-state index >= 15 is 0 Å². The largest absolute Gasteiger partial charge is 0.497 e. The van der Waals surface area contributed by atoms with E-state index in [4.69, 9.17) is 4.74 Å². The number of piperazine rings is 1. The molecule has 8 nitrogen and oxygen atoms in total. The van der Waals surface area contributed by atoms with Crippen molar-refractivity contribution >= 4 is 33.5 Å². The fourth-order valence-corrected chi connectivity index (χ4v) is 4.59. The van der Waals surface area contributed by atoms with Crippen LogP contribution in [0.15, 0.2) is 55.1 Å². The van der Waals surface area contributed by atoms with Crippen LogP contribution in [0.3, 0.4) is 0 Å². The summed E-state index contributed by atoms with van der Waals surface area (Å²) in [7, 11) is 1.65. The van der Waals surface area contributed by atoms with Crippen molar-refractivity contribution in [3.05, 3.63) is 60.7 Å². The highest BCUT2D eigenvalue weighted by molar-refractivity contribution is 7.14. The number of anilines is 1. The Morgan fingerprint density at radius 2 is 1.74 bits per heavy atom. The van der Waals surface area contributed by atoms with Crippen LogP contribution in [-0.4, -0.2) is 63.4 Å². The summed E-state index contributed by atoms with van der Waals surface area (Å²) < 4.78 is 10.9. The average Bonchev–Trinajstić information content (AvgIpc) is 3.29. The Morgan fingerprint density at radius 1 is 1.00 bits per heavy atom. The summed E-state index contributed by atoms with van der Waals surface area (Å²) in [6, 6.07) is 11.3. The molecule has 0 spiro atoms. The molecule has 156 valence electrons. The number of rotatable bonds is 4. The molecule has 0 unspecified atom stereocenters. The minimum atomic E-state index is 0.0365. The number of hydrogen-bond donors (Lipinski definition) is 0. The molecule has 31 heavy (non-hydrogen) atoms. The Hall–Kier alpha value is -3.59. The maximum Gasteiger partial charge on any atom is 0.254 e. The predicted octanol–water partition coefficient (Wildman–Crippen LogP) is 3.12. The number of pyridine rings is 1. The highest BCUT2D eigenvalue weighted by Gasteiger charge is 2.25. The topological polar surface area (TPSA) is 84.3 Å². The van der Waals surface area contributed by atoms with Gasteiger partial charge in [-0.15, -0.1) is 0 Å². The maximum absolute atomic E-state index is 12.7. The van der Waals surface area contributed by atoms with E-state index in [2.05, 4.69) is 24.2 Å². The van der Waals surface area contributed by atoms with Gasteiger partial charge in [0.05, 0.1) is 7.11 Å². The second-order valence-electron chi connectivity index (χ2n) is 7.15. The number of fused-ring (bicyclic) bond motifs is 1. The number of amides is 1. The molecule has 5 rings (SSSR count). The van der Waals surface area contributed by atoms with Crippen LogP contribution in [-0.2, 0) is 0 Å². The number of hydrogen-bond acceptors (Lipinski definition) is 8. The SMILES string of the molecule is COc1ccc(-c2nsc3c(N4CCN(C(=O)c5ccncc5)CC4)ncnc23)cc1. The zero-order valence-electron chi connectivity index (χ0n) is 16.9. The molecule has 1 aliphatic rings. The lowest BCUT2D eigenvalue weighted by atomic mass is 10.1. The third-order valence-corrected chi connectivity index (χ3v) is 6.23. The maximum atomic E-state index is 12.7. The summed E-state index contributed by atoms with van der Waals surface area (Å²) >= 11 is 1.41. The van der Waals surface area contributed by atoms with Crippen molar-refractivity contribution in [3.8, 4) is 17.0 Å². The van der Waals surface area contributed by atoms with Gasteiger partial charge in [-0.1, -0.05) is 0 Å². The Bertz CT molecular complexity index is 1200. The van der Waals surface area contributed by atoms with Crippen LogP contribution in [0.5, 0.6) is 5.75 Å². The molecule has 0 aliphatic carbocycles. The summed E-state index contributed by atoms with van der Waals surface area (Å²) in [6.45, 7) is 2.69. The van der Waals surface area contributed by atoms with Gasteiger partial charge in [-0.2, -0.15) is 4.37 Å². The molecule has 0 N–H and O–H groups in total. The minimum absolute atomic E-state index is 0.0365. The zero-order chi connectivity index (χ0) is 21.2. The van der Waals surface area contributed by atoms with Gasteiger partial charge in [-0.05, 0) is 47.9 Å². The van der Waals surface area contributed by atoms with Gasteiger partial charge in [0.1, 0.15) is 28.0 Å². The summed E-state index contributed by atoms with van der Waals surface area (Å²) in [6.07, 6.45) is 4.88. The highest BCUT2D eigenvalue weighted by atomic mass is 32.1. The van der Waals surface area contributed by atoms with E-state index in [0.717, 1.165) is 33.0 Å². The van der Waals surface area contributed by atoms with Crippen molar-refractivity contribution in [2.75, 3.05) is 38.2 Å². The molecule has 3 aromatic heterocycles. The van der Waals surface area contributed by atoms with E-state index in [1.54, 1.807) is 38.0 Å². The number of nitrogens with zero attached hydrogens (tertiary/aromatic N) is 6. The lowest BCUT2D eigenvalue weighted by Crippen LogP contribution is -2.49. The molecule has 1 saturated heterocycles. The van der Waals surface area contributed by atoms with E-state index in [1.807, 2.05) is 29.2 Å². The van der Waals surface area contributed by atoms with Crippen LogP contribution in [0.2, 0.25) is 0 Å². The molecule has 0 bridgehead atoms. The molecular formula is C22H20N6O2S. The molecule has 1 aliphatic heterocycles. The van der Waals surface area contributed by atoms with Crippen molar-refractivity contribution in [1.82, 2.24) is 24.2 Å². The Kier molecular flexibility index (Phi) is 5.17. The zero-order valence-corrected chi connectivity index (χ0v) is 17.7. The standard InChI is InChI=1S/C22H20N6O2S/c1-30-17-4-2-15(3-5-17)18-19-20(31-26-18)21(25-14-24-19)27-10-12-28(13-11-27)22(29)16-6-8-23-9-7-16/h2-9,14H,10-13H2,1H3. The van der Waals surface area contributed by atoms with Gasteiger partial charge in [-0.3, -0.25) is 9.78 Å². The van der Waals surface area contributed by atoms with E-state index < -0.39 is 0 Å². The molecular weight excluding hydrogens is 412 g/mol. The summed E-state index contributed by atoms with van der Waals surface area (Å²) in [5.41, 5.74) is 3.34. The van der Waals surface area contributed by atoms with Crippen molar-refractivity contribution in [2.24, 2.45) is 0 Å². The Balaban J connectivity index is 1.36. The number of carbonyl (C=O) groups is 1. The molecule has 0 saturated carbocycles. The van der Waals surface area contributed by atoms with Crippen LogP contribution in [0, 0.1) is 0 Å². The third-order valence-electron chi connectivity index (χ3n) is 5.39. The lowest BCUT2D eigenvalue weighted by molar-refractivity contribution is 0.0746. The first-order chi connectivity index (χ1) is 15.2. The monoisotopic (exact) mass is 432 g/mol. The molecule has 0 radical (unpaired) electrons. The predicted molar refractivity (Wildman–Crippen MR) is 120 cm³/mol. The van der Waals surface area contributed by atoms with Gasteiger partial charge in [0.25, 0.3) is 5.91 Å². The van der Waals surface area contributed by atoms with E-state index in [1.165, 1.54) is 11.5 Å². The van der Waals surface area contributed by atoms with E-state index in [9.17, 15) is 4.79 Å². The summed E-state index contributed by atoms with van der Waals surface area (Å²) in [5.74, 6) is 1.71. The molecule has 4 heterocycles. The molecule has 9 heteroatoms. The number of aromatic nitrogens is 4. The van der Waals surface area contributed by atoms with Crippen LogP contribution >= 0.6 is 11.5 Å². The molecule has 0 atom stereocenters. The van der Waals surface area contributed by atoms with Crippen LogP contribution < -0.4 is 9.64 Å². The third kappa shape index (κ3) is 3.68. The summed E-state index contributed by atoms with van der Waals surface area (Å²) in [4.78, 5) is 29.8. The Labute approximate surface area is 183 Å². The molecule has 1 aromatic carbocycles. The lowest BCUT2D eigenvalue weighted by Gasteiger charge is -2.35. The first-order valence-corrected chi connectivity index (χ1v) is 10.7. The average molecular weight is 433 g/mol. The highest BCUT2D eigenvalue weighted by Crippen LogP contribution is 2.35. The number of ether oxygens (including phenoxy) is 1. The van der Waals surface area contributed by atoms with E-state index in [0.29, 0.717) is 31.7 Å². The van der Waals surface area contributed by atoms with Crippen molar-refractivity contribution in [1.29, 1.82) is 0 Å². The van der Waals surface area contributed by atoms with Crippen LogP contribution in [0.4, 0.5) is 5.82 Å². The smallest absolute Gasteiger partial charge is 0.254 e. The van der Waals surface area contributed by atoms with Crippen molar-refractivity contribution in [3.63, 3.8) is 0 Å². The van der Waals surface area contributed by atoms with Crippen LogP contribution in [0.1, 0.15) is 10.4 Å². The van der Waals surface area contributed by atoms with E-state index in [-0.39, 0.29) is 5.91 Å². The van der Waals surface area contributed by atoms with Gasteiger partial charge in [-0.25, -0.2) is 9.97 Å². The fraction of sp³-hybridized carbons (Fsp3) is 0.227. The molecule has 1 fully saturated rings. The quantitative estimate of drug-likeness (QED) is 0.490. The van der Waals surface area contributed by atoms with Gasteiger partial charge in [0.15, 0.2) is 5.82 Å². The van der Waals surface area contributed by atoms with Crippen LogP contribution in [0.25, 0.3) is 21.5 Å². The number of methoxy groups -OCH3 is 1. The molecule has 4 aromatic rings. The normalized spacial score (nSPS) is 14.1. The van der Waals surface area contributed by atoms with Crippen molar-refractivity contribution < 1.29 is 9.53 Å². The van der Waals surface area contributed by atoms with Gasteiger partial charge >= 0.3 is 0 Å². The molecule has 1 amide bonds. The minimum Gasteiger partial charge on any atom is -0.497 e. The number of benzene rings is 1. The van der Waals surface area contributed by atoms with Crippen molar-refractivity contribution in [2.45, 2.75) is 0 Å². The summed E-state index contributed by atoms with van der Waals surface area (Å²) in [5, 5.41) is 0. The first kappa shape index (κ1) is 19.4. The second kappa shape index (κ2) is 8.27. The Morgan fingerprint density at radius 3 is 2.45 bits per heavy atom. The van der Waals surface area contributed by atoms with Gasteiger partial charge in [0, 0.05) is 49.7 Å². The first-order valence-electron chi connectivity index (χ1n) is 9.93. The van der Waals surface area contributed by atoms with Gasteiger partial charge in [0.2, 0.25) is 0 Å². The fourth-order valence-electron chi connectivity index (χ4n) is 3.71. The second-order valence-corrected chi connectivity index (χ2v) is 7.92. The number of carbonyl (C=O) groups excluding carboxylic acids is 1. The van der Waals surface area contributed by atoms with Gasteiger partial charge < -0.3 is 14.5 Å².